The molecule has 0 atom stereocenters. The van der Waals surface area contributed by atoms with Crippen molar-refractivity contribution in [2.45, 2.75) is 38.2 Å². The van der Waals surface area contributed by atoms with Crippen molar-refractivity contribution in [2.75, 3.05) is 6.54 Å². The van der Waals surface area contributed by atoms with Gasteiger partial charge in [-0.25, -0.2) is 16.8 Å². The summed E-state index contributed by atoms with van der Waals surface area (Å²) >= 11 is 0. The minimum absolute atomic E-state index is 0.488. The highest BCUT2D eigenvalue weighted by molar-refractivity contribution is 8.13. The summed E-state index contributed by atoms with van der Waals surface area (Å²) in [5, 5.41) is 0. The van der Waals surface area contributed by atoms with Crippen LogP contribution in [0.2, 0.25) is 0 Å². The van der Waals surface area contributed by atoms with Crippen LogP contribution in [0.15, 0.2) is 0 Å². The molecule has 0 heterocycles. The molecule has 0 spiro atoms. The van der Waals surface area contributed by atoms with Crippen molar-refractivity contribution in [3.63, 3.8) is 0 Å². The highest BCUT2D eigenvalue weighted by atomic mass is 32.3. The molecule has 0 rings (SSSR count). The van der Waals surface area contributed by atoms with Crippen LogP contribution in [0.5, 0.6) is 0 Å². The number of hydrogen-bond acceptors (Lipinski definition) is 4. The maximum atomic E-state index is 11.4. The summed E-state index contributed by atoms with van der Waals surface area (Å²) in [7, 11) is -13.4. The second-order valence-electron chi connectivity index (χ2n) is 5.08. The van der Waals surface area contributed by atoms with Gasteiger partial charge in [-0.3, -0.25) is 0 Å². The standard InChI is InChI=1S/C6H15N.C2F6NO4S2/c1-6(2,3)4-5-7;3-1(4,5)14(10,11)9-15(12,13)2(6,7)8/h4-5,7H2,1-3H3;/q;-1/p+1. The normalized spacial score (nSPS) is 14.3. The van der Waals surface area contributed by atoms with Gasteiger partial charge in [0, 0.05) is 6.42 Å². The third kappa shape index (κ3) is 8.75. The van der Waals surface area contributed by atoms with Gasteiger partial charge in [-0.15, -0.1) is 0 Å². The Balaban J connectivity index is 0. The van der Waals surface area contributed by atoms with Crippen molar-refractivity contribution < 1.29 is 48.9 Å². The number of sulfonamides is 2. The van der Waals surface area contributed by atoms with E-state index in [1.54, 1.807) is 0 Å². The summed E-state index contributed by atoms with van der Waals surface area (Å²) in [6, 6.07) is 0. The fraction of sp³-hybridized carbons (Fsp3) is 1.00. The SMILES string of the molecule is CC(C)(C)CC[NH3+].O=S(=O)([N-]S(=O)(=O)C(F)(F)F)C(F)(F)F. The van der Waals surface area contributed by atoms with Crippen LogP contribution in [0, 0.1) is 5.41 Å². The summed E-state index contributed by atoms with van der Waals surface area (Å²) < 4.78 is 109. The summed E-state index contributed by atoms with van der Waals surface area (Å²) in [5.41, 5.74) is -8.15. The van der Waals surface area contributed by atoms with Crippen molar-refractivity contribution in [1.82, 2.24) is 0 Å². The Kier molecular flexibility index (Phi) is 7.87. The molecule has 0 aromatic carbocycles. The topological polar surface area (TPSA) is 110 Å². The molecule has 0 aliphatic heterocycles. The van der Waals surface area contributed by atoms with Gasteiger partial charge in [-0.2, -0.15) is 26.3 Å². The van der Waals surface area contributed by atoms with Crippen LogP contribution in [-0.4, -0.2) is 34.4 Å². The lowest BCUT2D eigenvalue weighted by atomic mass is 9.93. The molecule has 136 valence electrons. The van der Waals surface area contributed by atoms with Crippen LogP contribution in [0.3, 0.4) is 0 Å². The van der Waals surface area contributed by atoms with E-state index in [1.165, 1.54) is 6.42 Å². The monoisotopic (exact) mass is 382 g/mol. The molecule has 0 fully saturated rings. The van der Waals surface area contributed by atoms with Gasteiger partial charge in [0.25, 0.3) is 0 Å². The molecule has 6 nitrogen and oxygen atoms in total. The molecule has 0 amide bonds. The van der Waals surface area contributed by atoms with Gasteiger partial charge in [-0.05, 0) is 5.41 Å². The van der Waals surface area contributed by atoms with Gasteiger partial charge in [0.15, 0.2) is 20.0 Å². The van der Waals surface area contributed by atoms with E-state index in [-0.39, 0.29) is 0 Å². The number of quaternary nitrogens is 1. The Morgan fingerprint density at radius 1 is 0.818 bits per heavy atom. The first-order valence-electron chi connectivity index (χ1n) is 5.43. The number of nitrogens with zero attached hydrogens (tertiary/aromatic N) is 1. The van der Waals surface area contributed by atoms with Gasteiger partial charge >= 0.3 is 11.0 Å². The Hall–Kier alpha value is -0.600. The average molecular weight is 382 g/mol. The van der Waals surface area contributed by atoms with Crippen molar-refractivity contribution in [3.05, 3.63) is 4.13 Å². The predicted molar refractivity (Wildman–Crippen MR) is 65.1 cm³/mol. The molecule has 14 heteroatoms. The zero-order valence-corrected chi connectivity index (χ0v) is 13.4. The molecule has 0 aromatic rings. The Bertz CT molecular complexity index is 503. The maximum Gasteiger partial charge on any atom is 0.480 e. The zero-order chi connectivity index (χ0) is 18.6. The van der Waals surface area contributed by atoms with E-state index >= 15 is 0 Å². The lowest BCUT2D eigenvalue weighted by molar-refractivity contribution is -0.371. The first kappa shape index (κ1) is 23.7. The van der Waals surface area contributed by atoms with E-state index in [1.807, 2.05) is 0 Å². The van der Waals surface area contributed by atoms with E-state index in [0.717, 1.165) is 10.7 Å². The molecule has 0 bridgehead atoms. The van der Waals surface area contributed by atoms with E-state index < -0.39 is 31.1 Å². The van der Waals surface area contributed by atoms with Gasteiger partial charge in [0.2, 0.25) is 0 Å². The van der Waals surface area contributed by atoms with Crippen LogP contribution in [-0.2, 0) is 20.0 Å². The van der Waals surface area contributed by atoms with Gasteiger partial charge in [-0.1, -0.05) is 20.8 Å². The van der Waals surface area contributed by atoms with Crippen LogP contribution in [0.25, 0.3) is 4.13 Å². The molecule has 0 aliphatic rings. The lowest BCUT2D eigenvalue weighted by Crippen LogP contribution is -2.51. The predicted octanol–water partition coefficient (Wildman–Crippen LogP) is 1.72. The molecular formula is C8H16F6N2O4S2. The van der Waals surface area contributed by atoms with Crippen LogP contribution >= 0.6 is 0 Å². The Labute approximate surface area is 124 Å². The van der Waals surface area contributed by atoms with E-state index in [0.29, 0.717) is 5.41 Å². The third-order valence-electron chi connectivity index (χ3n) is 1.71. The highest BCUT2D eigenvalue weighted by Gasteiger charge is 2.46. The molecule has 22 heavy (non-hydrogen) atoms. The number of rotatable bonds is 3. The van der Waals surface area contributed by atoms with Crippen LogP contribution < -0.4 is 5.73 Å². The Morgan fingerprint density at radius 2 is 1.09 bits per heavy atom. The van der Waals surface area contributed by atoms with Crippen LogP contribution in [0.1, 0.15) is 27.2 Å². The smallest absolute Gasteiger partial charge is 0.421 e. The number of hydrogen-bond donors (Lipinski definition) is 1. The summed E-state index contributed by atoms with van der Waals surface area (Å²) in [4.78, 5) is 0. The molecule has 0 saturated heterocycles. The van der Waals surface area contributed by atoms with Crippen LogP contribution in [0.4, 0.5) is 26.3 Å². The lowest BCUT2D eigenvalue weighted by Gasteiger charge is -2.22. The quantitative estimate of drug-likeness (QED) is 0.750. The van der Waals surface area contributed by atoms with E-state index in [4.69, 9.17) is 0 Å². The number of halogens is 6. The molecule has 0 unspecified atom stereocenters. The summed E-state index contributed by atoms with van der Waals surface area (Å²) in [5.74, 6) is 0. The largest absolute Gasteiger partial charge is 0.480 e. The van der Waals surface area contributed by atoms with E-state index in [2.05, 4.69) is 26.5 Å². The molecular weight excluding hydrogens is 366 g/mol. The second-order valence-corrected chi connectivity index (χ2v) is 8.50. The van der Waals surface area contributed by atoms with Crippen molar-refractivity contribution in [2.24, 2.45) is 5.41 Å². The third-order valence-corrected chi connectivity index (χ3v) is 4.45. The first-order valence-corrected chi connectivity index (χ1v) is 8.31. The molecule has 0 radical (unpaired) electrons. The highest BCUT2D eigenvalue weighted by Crippen LogP contribution is 2.36. The molecule has 0 saturated carbocycles. The second kappa shape index (κ2) is 7.31. The first-order chi connectivity index (χ1) is 9.27. The molecule has 0 aliphatic carbocycles. The zero-order valence-electron chi connectivity index (χ0n) is 11.8. The number of alkyl halides is 6. The minimum atomic E-state index is -6.72. The fourth-order valence-corrected chi connectivity index (χ4v) is 2.45. The van der Waals surface area contributed by atoms with Gasteiger partial charge in [0.05, 0.1) is 6.54 Å². The van der Waals surface area contributed by atoms with Gasteiger partial charge < -0.3 is 9.86 Å². The van der Waals surface area contributed by atoms with Crippen molar-refractivity contribution in [3.8, 4) is 0 Å². The molecule has 0 aromatic heterocycles. The van der Waals surface area contributed by atoms with Crippen molar-refractivity contribution >= 4 is 20.0 Å². The van der Waals surface area contributed by atoms with Gasteiger partial charge in [0.1, 0.15) is 0 Å². The maximum absolute atomic E-state index is 11.4. The molecule has 3 N–H and O–H groups in total. The summed E-state index contributed by atoms with van der Waals surface area (Å²) in [6.07, 6.45) is 1.23. The average Bonchev–Trinajstić information content (AvgIpc) is 2.10. The minimum Gasteiger partial charge on any atom is -0.421 e. The summed E-state index contributed by atoms with van der Waals surface area (Å²) in [6.45, 7) is 7.76. The fourth-order valence-electron chi connectivity index (χ4n) is 0.744. The van der Waals surface area contributed by atoms with Crippen molar-refractivity contribution in [1.29, 1.82) is 0 Å². The van der Waals surface area contributed by atoms with E-state index in [9.17, 15) is 43.2 Å². The Morgan fingerprint density at radius 3 is 1.18 bits per heavy atom.